The molecule has 2 aromatic rings. The van der Waals surface area contributed by atoms with Crippen molar-refractivity contribution in [2.45, 2.75) is 26.3 Å². The Balaban J connectivity index is 1.95. The lowest BCUT2D eigenvalue weighted by atomic mass is 10.0. The molecular weight excluding hydrogens is 288 g/mol. The third-order valence-corrected chi connectivity index (χ3v) is 4.20. The van der Waals surface area contributed by atoms with E-state index in [1.54, 1.807) is 30.2 Å². The monoisotopic (exact) mass is 306 g/mol. The van der Waals surface area contributed by atoms with E-state index in [1.807, 2.05) is 24.3 Å². The van der Waals surface area contributed by atoms with E-state index in [0.717, 1.165) is 15.2 Å². The predicted molar refractivity (Wildman–Crippen MR) is 82.1 cm³/mol. The Labute approximate surface area is 127 Å². The van der Waals surface area contributed by atoms with Gasteiger partial charge in [0, 0.05) is 19.9 Å². The molecule has 21 heavy (non-hydrogen) atoms. The molecular formula is C15H18N2O3S. The molecule has 1 aromatic carbocycles. The minimum Gasteiger partial charge on any atom is -0.481 e. The Morgan fingerprint density at radius 2 is 2.05 bits per heavy atom. The molecule has 0 spiro atoms. The quantitative estimate of drug-likeness (QED) is 0.891. The van der Waals surface area contributed by atoms with E-state index in [2.05, 4.69) is 4.98 Å². The Hall–Kier alpha value is -1.95. The molecule has 1 aromatic heterocycles. The summed E-state index contributed by atoms with van der Waals surface area (Å²) in [5.74, 6) is -1.08. The minimum atomic E-state index is -0.871. The van der Waals surface area contributed by atoms with Crippen LogP contribution in [0, 0.1) is 5.92 Å². The van der Waals surface area contributed by atoms with E-state index >= 15 is 0 Å². The van der Waals surface area contributed by atoms with Crippen LogP contribution in [0.15, 0.2) is 24.3 Å². The third kappa shape index (κ3) is 4.26. The molecule has 5 nitrogen and oxygen atoms in total. The van der Waals surface area contributed by atoms with Gasteiger partial charge in [-0.2, -0.15) is 0 Å². The molecule has 0 aliphatic heterocycles. The zero-order chi connectivity index (χ0) is 15.4. The summed E-state index contributed by atoms with van der Waals surface area (Å²) in [5.41, 5.74) is 0.942. The highest BCUT2D eigenvalue weighted by atomic mass is 32.1. The molecule has 1 unspecified atom stereocenters. The molecule has 0 radical (unpaired) electrons. The maximum atomic E-state index is 12.1. The summed E-state index contributed by atoms with van der Waals surface area (Å²) < 4.78 is 1.10. The summed E-state index contributed by atoms with van der Waals surface area (Å²) in [7, 11) is 1.72. The number of hydrogen-bond donors (Lipinski definition) is 1. The van der Waals surface area contributed by atoms with Crippen LogP contribution in [0.3, 0.4) is 0 Å². The Morgan fingerprint density at radius 3 is 2.71 bits per heavy atom. The molecule has 112 valence electrons. The van der Waals surface area contributed by atoms with Crippen molar-refractivity contribution in [1.29, 1.82) is 0 Å². The number of carboxylic acid groups (broad SMARTS) is 1. The van der Waals surface area contributed by atoms with Crippen molar-refractivity contribution in [2.75, 3.05) is 7.05 Å². The molecule has 0 aliphatic rings. The van der Waals surface area contributed by atoms with Gasteiger partial charge in [-0.3, -0.25) is 9.59 Å². The van der Waals surface area contributed by atoms with Gasteiger partial charge in [0.1, 0.15) is 5.01 Å². The van der Waals surface area contributed by atoms with Gasteiger partial charge in [0.15, 0.2) is 0 Å². The first-order chi connectivity index (χ1) is 9.95. The maximum Gasteiger partial charge on any atom is 0.303 e. The zero-order valence-corrected chi connectivity index (χ0v) is 12.9. The first-order valence-electron chi connectivity index (χ1n) is 6.76. The van der Waals surface area contributed by atoms with Crippen LogP contribution in [0.25, 0.3) is 10.2 Å². The van der Waals surface area contributed by atoms with Crippen LogP contribution in [-0.2, 0) is 16.1 Å². The van der Waals surface area contributed by atoms with Crippen LogP contribution < -0.4 is 0 Å². The van der Waals surface area contributed by atoms with Gasteiger partial charge in [0.05, 0.1) is 16.8 Å². The standard InChI is InChI=1S/C15H18N2O3S/c1-10(8-15(19)20)7-14(18)17(2)9-13-16-11-5-3-4-6-12(11)21-13/h3-6,10H,7-9H2,1-2H3,(H,19,20). The van der Waals surface area contributed by atoms with Crippen LogP contribution >= 0.6 is 11.3 Å². The van der Waals surface area contributed by atoms with Crippen molar-refractivity contribution >= 4 is 33.4 Å². The van der Waals surface area contributed by atoms with Gasteiger partial charge in [-0.1, -0.05) is 19.1 Å². The number of amides is 1. The fourth-order valence-corrected chi connectivity index (χ4v) is 3.12. The molecule has 2 rings (SSSR count). The molecule has 1 atom stereocenters. The SMILES string of the molecule is CC(CC(=O)O)CC(=O)N(C)Cc1nc2ccccc2s1. The van der Waals surface area contributed by atoms with Crippen LogP contribution in [0.4, 0.5) is 0 Å². The first kappa shape index (κ1) is 15.4. The maximum absolute atomic E-state index is 12.1. The summed E-state index contributed by atoms with van der Waals surface area (Å²) in [4.78, 5) is 28.8. The topological polar surface area (TPSA) is 70.5 Å². The number of carbonyl (C=O) groups excluding carboxylic acids is 1. The van der Waals surface area contributed by atoms with E-state index in [4.69, 9.17) is 5.11 Å². The number of thiazole rings is 1. The number of para-hydroxylation sites is 1. The minimum absolute atomic E-state index is 0.0146. The second-order valence-electron chi connectivity index (χ2n) is 5.23. The summed E-state index contributed by atoms with van der Waals surface area (Å²) >= 11 is 1.57. The lowest BCUT2D eigenvalue weighted by molar-refractivity contribution is -0.138. The molecule has 0 fully saturated rings. The number of hydrogen-bond acceptors (Lipinski definition) is 4. The number of benzene rings is 1. The van der Waals surface area contributed by atoms with Crippen LogP contribution in [0.1, 0.15) is 24.8 Å². The van der Waals surface area contributed by atoms with Gasteiger partial charge in [-0.15, -0.1) is 11.3 Å². The van der Waals surface area contributed by atoms with Crippen molar-refractivity contribution in [3.8, 4) is 0 Å². The third-order valence-electron chi connectivity index (χ3n) is 3.18. The number of nitrogens with zero attached hydrogens (tertiary/aromatic N) is 2. The van der Waals surface area contributed by atoms with E-state index in [-0.39, 0.29) is 24.7 Å². The van der Waals surface area contributed by atoms with Gasteiger partial charge >= 0.3 is 5.97 Å². The molecule has 0 saturated heterocycles. The normalized spacial score (nSPS) is 12.3. The summed E-state index contributed by atoms with van der Waals surface area (Å²) in [6, 6.07) is 7.86. The summed E-state index contributed by atoms with van der Waals surface area (Å²) in [6.45, 7) is 2.23. The number of aliphatic carboxylic acids is 1. The fraction of sp³-hybridized carbons (Fsp3) is 0.400. The van der Waals surface area contributed by atoms with Gasteiger partial charge in [-0.05, 0) is 18.1 Å². The molecule has 1 N–H and O–H groups in total. The lowest BCUT2D eigenvalue weighted by Crippen LogP contribution is -2.28. The van der Waals surface area contributed by atoms with Crippen LogP contribution in [0.2, 0.25) is 0 Å². The van der Waals surface area contributed by atoms with Gasteiger partial charge in [0.2, 0.25) is 5.91 Å². The van der Waals surface area contributed by atoms with Crippen molar-refractivity contribution in [1.82, 2.24) is 9.88 Å². The highest BCUT2D eigenvalue weighted by Gasteiger charge is 2.17. The van der Waals surface area contributed by atoms with E-state index in [9.17, 15) is 9.59 Å². The van der Waals surface area contributed by atoms with Crippen molar-refractivity contribution < 1.29 is 14.7 Å². The van der Waals surface area contributed by atoms with Crippen molar-refractivity contribution in [3.63, 3.8) is 0 Å². The highest BCUT2D eigenvalue weighted by Crippen LogP contribution is 2.22. The van der Waals surface area contributed by atoms with Crippen LogP contribution in [-0.4, -0.2) is 33.9 Å². The molecule has 1 amide bonds. The molecule has 0 saturated carbocycles. The van der Waals surface area contributed by atoms with E-state index in [0.29, 0.717) is 6.54 Å². The second-order valence-corrected chi connectivity index (χ2v) is 6.35. The average Bonchev–Trinajstić information content (AvgIpc) is 2.79. The van der Waals surface area contributed by atoms with Gasteiger partial charge in [0.25, 0.3) is 0 Å². The summed E-state index contributed by atoms with van der Waals surface area (Å²) in [5, 5.41) is 9.60. The summed E-state index contributed by atoms with van der Waals surface area (Å²) in [6.07, 6.45) is 0.258. The molecule has 0 aliphatic carbocycles. The number of carbonyl (C=O) groups is 2. The zero-order valence-electron chi connectivity index (χ0n) is 12.1. The second kappa shape index (κ2) is 6.67. The predicted octanol–water partition coefficient (Wildman–Crippen LogP) is 2.76. The fourth-order valence-electron chi connectivity index (χ4n) is 2.10. The Bertz CT molecular complexity index is 620. The molecule has 0 bridgehead atoms. The van der Waals surface area contributed by atoms with Gasteiger partial charge < -0.3 is 10.0 Å². The average molecular weight is 306 g/mol. The van der Waals surface area contributed by atoms with Crippen molar-refractivity contribution in [3.05, 3.63) is 29.3 Å². The highest BCUT2D eigenvalue weighted by molar-refractivity contribution is 7.18. The van der Waals surface area contributed by atoms with Crippen LogP contribution in [0.5, 0.6) is 0 Å². The lowest BCUT2D eigenvalue weighted by Gasteiger charge is -2.17. The smallest absolute Gasteiger partial charge is 0.303 e. The van der Waals surface area contributed by atoms with Crippen molar-refractivity contribution in [2.24, 2.45) is 5.92 Å². The van der Waals surface area contributed by atoms with E-state index in [1.165, 1.54) is 0 Å². The number of carboxylic acids is 1. The number of aromatic nitrogens is 1. The largest absolute Gasteiger partial charge is 0.481 e. The first-order valence-corrected chi connectivity index (χ1v) is 7.57. The molecule has 1 heterocycles. The van der Waals surface area contributed by atoms with Gasteiger partial charge in [-0.25, -0.2) is 4.98 Å². The number of rotatable bonds is 6. The molecule has 6 heteroatoms. The Kier molecular flexibility index (Phi) is 4.90. The number of fused-ring (bicyclic) bond motifs is 1. The van der Waals surface area contributed by atoms with E-state index < -0.39 is 5.97 Å². The Morgan fingerprint density at radius 1 is 1.33 bits per heavy atom.